The van der Waals surface area contributed by atoms with E-state index in [9.17, 15) is 4.79 Å². The molecule has 3 heteroatoms. The Labute approximate surface area is 104 Å². The molecule has 0 aromatic heterocycles. The van der Waals surface area contributed by atoms with E-state index >= 15 is 0 Å². The Bertz CT molecular complexity index is 259. The molecule has 2 N–H and O–H groups in total. The molecule has 0 saturated heterocycles. The van der Waals surface area contributed by atoms with Gasteiger partial charge in [0.15, 0.2) is 0 Å². The van der Waals surface area contributed by atoms with E-state index in [1.54, 1.807) is 0 Å². The Morgan fingerprint density at radius 1 is 1.18 bits per heavy atom. The molecular weight excluding hydrogens is 214 g/mol. The molecule has 98 valence electrons. The summed E-state index contributed by atoms with van der Waals surface area (Å²) in [6.07, 6.45) is 10.6. The molecule has 0 aliphatic heterocycles. The highest BCUT2D eigenvalue weighted by atomic mass is 16.5. The molecule has 0 radical (unpaired) electrons. The molecule has 0 aromatic rings. The van der Waals surface area contributed by atoms with Gasteiger partial charge in [-0.1, -0.05) is 0 Å². The summed E-state index contributed by atoms with van der Waals surface area (Å²) in [7, 11) is 1.48. The SMILES string of the molecule is COC(=O)CC1CCC2(CCC(N)CC2)CC1. The van der Waals surface area contributed by atoms with Crippen LogP contribution in [0.4, 0.5) is 0 Å². The predicted octanol–water partition coefficient (Wildman–Crippen LogP) is 2.63. The summed E-state index contributed by atoms with van der Waals surface area (Å²) in [6, 6.07) is 0.438. The van der Waals surface area contributed by atoms with Crippen molar-refractivity contribution < 1.29 is 9.53 Å². The number of rotatable bonds is 2. The molecule has 0 unspecified atom stereocenters. The van der Waals surface area contributed by atoms with Crippen molar-refractivity contribution in [2.75, 3.05) is 7.11 Å². The third-order valence-electron chi connectivity index (χ3n) is 4.94. The van der Waals surface area contributed by atoms with Crippen molar-refractivity contribution >= 4 is 5.97 Å². The van der Waals surface area contributed by atoms with Crippen molar-refractivity contribution in [1.29, 1.82) is 0 Å². The van der Waals surface area contributed by atoms with Gasteiger partial charge in [0.25, 0.3) is 0 Å². The minimum absolute atomic E-state index is 0.0448. The van der Waals surface area contributed by atoms with Gasteiger partial charge in [-0.2, -0.15) is 0 Å². The van der Waals surface area contributed by atoms with Gasteiger partial charge in [-0.3, -0.25) is 4.79 Å². The fourth-order valence-electron chi connectivity index (χ4n) is 3.57. The summed E-state index contributed by atoms with van der Waals surface area (Å²) in [6.45, 7) is 0. The monoisotopic (exact) mass is 239 g/mol. The lowest BCUT2D eigenvalue weighted by atomic mass is 9.62. The maximum absolute atomic E-state index is 11.3. The number of esters is 1. The third kappa shape index (κ3) is 3.21. The van der Waals surface area contributed by atoms with E-state index in [0.29, 0.717) is 23.8 Å². The molecule has 2 saturated carbocycles. The fourth-order valence-corrected chi connectivity index (χ4v) is 3.57. The van der Waals surface area contributed by atoms with Gasteiger partial charge in [0, 0.05) is 12.5 Å². The van der Waals surface area contributed by atoms with Crippen LogP contribution in [0.3, 0.4) is 0 Å². The number of methoxy groups -OCH3 is 1. The molecule has 0 amide bonds. The first-order valence-corrected chi connectivity index (χ1v) is 6.96. The quantitative estimate of drug-likeness (QED) is 0.754. The van der Waals surface area contributed by atoms with Crippen molar-refractivity contribution in [3.63, 3.8) is 0 Å². The highest BCUT2D eigenvalue weighted by molar-refractivity contribution is 5.69. The number of hydrogen-bond acceptors (Lipinski definition) is 3. The third-order valence-corrected chi connectivity index (χ3v) is 4.94. The van der Waals surface area contributed by atoms with Crippen LogP contribution in [0.15, 0.2) is 0 Å². The number of ether oxygens (including phenoxy) is 1. The molecule has 17 heavy (non-hydrogen) atoms. The van der Waals surface area contributed by atoms with E-state index in [4.69, 9.17) is 10.5 Å². The normalized spacial score (nSPS) is 38.0. The highest BCUT2D eigenvalue weighted by Crippen LogP contribution is 2.49. The number of carbonyl (C=O) groups excluding carboxylic acids is 1. The van der Waals surface area contributed by atoms with E-state index < -0.39 is 0 Å². The van der Waals surface area contributed by atoms with Gasteiger partial charge in [-0.25, -0.2) is 0 Å². The summed E-state index contributed by atoms with van der Waals surface area (Å²) in [5.74, 6) is 0.514. The van der Waals surface area contributed by atoms with Crippen LogP contribution in [0, 0.1) is 11.3 Å². The molecule has 2 fully saturated rings. The second-order valence-electron chi connectivity index (χ2n) is 6.06. The molecule has 0 bridgehead atoms. The lowest BCUT2D eigenvalue weighted by Crippen LogP contribution is -2.36. The number of nitrogens with two attached hydrogens (primary N) is 1. The smallest absolute Gasteiger partial charge is 0.305 e. The number of hydrogen-bond donors (Lipinski definition) is 1. The molecule has 0 atom stereocenters. The van der Waals surface area contributed by atoms with Gasteiger partial charge < -0.3 is 10.5 Å². The lowest BCUT2D eigenvalue weighted by Gasteiger charge is -2.44. The maximum atomic E-state index is 11.3. The predicted molar refractivity (Wildman–Crippen MR) is 67.5 cm³/mol. The Hall–Kier alpha value is -0.570. The van der Waals surface area contributed by atoms with Crippen LogP contribution in [-0.4, -0.2) is 19.1 Å². The molecule has 2 aliphatic rings. The minimum Gasteiger partial charge on any atom is -0.469 e. The zero-order valence-corrected chi connectivity index (χ0v) is 10.9. The van der Waals surface area contributed by atoms with Crippen molar-refractivity contribution in [3.05, 3.63) is 0 Å². The standard InChI is InChI=1S/C14H25NO2/c1-17-13(16)10-11-2-6-14(7-3-11)8-4-12(15)5-9-14/h11-12H,2-10,15H2,1H3. The van der Waals surface area contributed by atoms with E-state index in [0.717, 1.165) is 0 Å². The summed E-state index contributed by atoms with van der Waals surface area (Å²) >= 11 is 0. The second-order valence-corrected chi connectivity index (χ2v) is 6.06. The summed E-state index contributed by atoms with van der Waals surface area (Å²) in [5.41, 5.74) is 6.55. The molecule has 0 aromatic carbocycles. The van der Waals surface area contributed by atoms with Crippen molar-refractivity contribution in [1.82, 2.24) is 0 Å². The average Bonchev–Trinajstić information content (AvgIpc) is 2.36. The van der Waals surface area contributed by atoms with E-state index in [1.165, 1.54) is 58.5 Å². The largest absolute Gasteiger partial charge is 0.469 e. The van der Waals surface area contributed by atoms with Crippen LogP contribution in [-0.2, 0) is 9.53 Å². The highest BCUT2D eigenvalue weighted by Gasteiger charge is 2.38. The molecule has 0 heterocycles. The van der Waals surface area contributed by atoms with Crippen molar-refractivity contribution in [3.8, 4) is 0 Å². The van der Waals surface area contributed by atoms with E-state index in [2.05, 4.69) is 0 Å². The Balaban J connectivity index is 1.79. The fraction of sp³-hybridized carbons (Fsp3) is 0.929. The topological polar surface area (TPSA) is 52.3 Å². The van der Waals surface area contributed by atoms with Crippen molar-refractivity contribution in [2.24, 2.45) is 17.1 Å². The minimum atomic E-state index is -0.0448. The van der Waals surface area contributed by atoms with Crippen LogP contribution in [0.5, 0.6) is 0 Å². The zero-order valence-electron chi connectivity index (χ0n) is 10.9. The molecule has 3 nitrogen and oxygen atoms in total. The maximum Gasteiger partial charge on any atom is 0.305 e. The van der Waals surface area contributed by atoms with Crippen LogP contribution in [0.25, 0.3) is 0 Å². The summed E-state index contributed by atoms with van der Waals surface area (Å²) < 4.78 is 4.75. The average molecular weight is 239 g/mol. The van der Waals surface area contributed by atoms with Crippen LogP contribution < -0.4 is 5.73 Å². The Kier molecular flexibility index (Phi) is 4.08. The second kappa shape index (κ2) is 5.38. The first-order valence-electron chi connectivity index (χ1n) is 6.96. The van der Waals surface area contributed by atoms with Crippen LogP contribution in [0.1, 0.15) is 57.8 Å². The first-order chi connectivity index (χ1) is 8.13. The van der Waals surface area contributed by atoms with Crippen molar-refractivity contribution in [2.45, 2.75) is 63.8 Å². The van der Waals surface area contributed by atoms with Crippen LogP contribution in [0.2, 0.25) is 0 Å². The van der Waals surface area contributed by atoms with Gasteiger partial charge in [-0.05, 0) is 62.7 Å². The molecule has 1 spiro atoms. The van der Waals surface area contributed by atoms with Gasteiger partial charge >= 0.3 is 5.97 Å². The lowest BCUT2D eigenvalue weighted by molar-refractivity contribution is -0.142. The van der Waals surface area contributed by atoms with Crippen LogP contribution >= 0.6 is 0 Å². The zero-order chi connectivity index (χ0) is 12.3. The first kappa shape index (κ1) is 12.9. The Morgan fingerprint density at radius 3 is 2.24 bits per heavy atom. The summed E-state index contributed by atoms with van der Waals surface area (Å²) in [4.78, 5) is 11.3. The van der Waals surface area contributed by atoms with Gasteiger partial charge in [0.2, 0.25) is 0 Å². The number of carbonyl (C=O) groups is 1. The molecular formula is C14H25NO2. The van der Waals surface area contributed by atoms with Gasteiger partial charge in [-0.15, -0.1) is 0 Å². The van der Waals surface area contributed by atoms with E-state index in [-0.39, 0.29) is 5.97 Å². The van der Waals surface area contributed by atoms with E-state index in [1.807, 2.05) is 0 Å². The summed E-state index contributed by atoms with van der Waals surface area (Å²) in [5, 5.41) is 0. The Morgan fingerprint density at radius 2 is 1.71 bits per heavy atom. The van der Waals surface area contributed by atoms with Gasteiger partial charge in [0.1, 0.15) is 0 Å². The molecule has 2 rings (SSSR count). The molecule has 2 aliphatic carbocycles. The van der Waals surface area contributed by atoms with Gasteiger partial charge in [0.05, 0.1) is 7.11 Å².